The third-order valence-corrected chi connectivity index (χ3v) is 9.22. The van der Waals surface area contributed by atoms with Gasteiger partial charge in [-0.3, -0.25) is 9.69 Å². The molecule has 0 unspecified atom stereocenters. The monoisotopic (exact) mass is 476 g/mol. The Morgan fingerprint density at radius 1 is 1.12 bits per heavy atom. The summed E-state index contributed by atoms with van der Waals surface area (Å²) in [6.45, 7) is 4.54. The van der Waals surface area contributed by atoms with Crippen LogP contribution < -0.4 is 0 Å². The lowest BCUT2D eigenvalue weighted by Crippen LogP contribution is -2.52. The van der Waals surface area contributed by atoms with Crippen molar-refractivity contribution < 1.29 is 13.2 Å². The number of likely N-dealkylation sites (N-methyl/N-ethyl adjacent to an activating group) is 1. The number of nitrogens with zero attached hydrogens (tertiary/aromatic N) is 4. The first kappa shape index (κ1) is 23.4. The zero-order chi connectivity index (χ0) is 22.7. The third-order valence-electron chi connectivity index (χ3n) is 6.29. The topological polar surface area (TPSA) is 73.8 Å². The number of carbonyl (C=O) groups excluding carboxylic acids is 1. The Morgan fingerprint density at radius 2 is 1.84 bits per heavy atom. The standard InChI is InChI=1S/C23H32N4O3S2/c1-3-22-24-20(17-31-22)15-25(2)16-23(28)26-10-12-27(13-11-26)32(29,30)21-9-8-18-6-4-5-7-19(18)14-21/h8-9,14,17H,3-7,10-13,15-16H2,1-2H3. The number of sulfonamides is 1. The second-order valence-corrected chi connectivity index (χ2v) is 11.6. The quantitative estimate of drug-likeness (QED) is 0.614. The average Bonchev–Trinajstić information content (AvgIpc) is 3.26. The maximum absolute atomic E-state index is 13.2. The van der Waals surface area contributed by atoms with Crippen molar-refractivity contribution in [2.45, 2.75) is 50.5 Å². The number of aromatic nitrogens is 1. The van der Waals surface area contributed by atoms with Gasteiger partial charge in [0.1, 0.15) is 0 Å². The van der Waals surface area contributed by atoms with Gasteiger partial charge in [-0.2, -0.15) is 4.31 Å². The van der Waals surface area contributed by atoms with Crippen LogP contribution in [0.3, 0.4) is 0 Å². The fraction of sp³-hybridized carbons (Fsp3) is 0.565. The van der Waals surface area contributed by atoms with Crippen molar-refractivity contribution in [1.82, 2.24) is 19.1 Å². The van der Waals surface area contributed by atoms with Crippen LogP contribution in [0.4, 0.5) is 0 Å². The molecule has 1 amide bonds. The zero-order valence-electron chi connectivity index (χ0n) is 18.9. The van der Waals surface area contributed by atoms with E-state index >= 15 is 0 Å². The van der Waals surface area contributed by atoms with Crippen LogP contribution >= 0.6 is 11.3 Å². The molecule has 0 spiro atoms. The van der Waals surface area contributed by atoms with Crippen molar-refractivity contribution in [1.29, 1.82) is 0 Å². The Hall–Kier alpha value is -1.81. The molecule has 2 aliphatic rings. The van der Waals surface area contributed by atoms with Gasteiger partial charge in [-0.25, -0.2) is 13.4 Å². The highest BCUT2D eigenvalue weighted by molar-refractivity contribution is 7.89. The molecule has 0 atom stereocenters. The van der Waals surface area contributed by atoms with Crippen LogP contribution in [0, 0.1) is 0 Å². The minimum atomic E-state index is -3.53. The van der Waals surface area contributed by atoms with Gasteiger partial charge in [-0.1, -0.05) is 13.0 Å². The van der Waals surface area contributed by atoms with E-state index in [0.717, 1.165) is 36.4 Å². The van der Waals surface area contributed by atoms with E-state index in [2.05, 4.69) is 11.9 Å². The molecule has 0 N–H and O–H groups in total. The van der Waals surface area contributed by atoms with Crippen LogP contribution in [0.2, 0.25) is 0 Å². The van der Waals surface area contributed by atoms with Crippen LogP contribution in [0.15, 0.2) is 28.5 Å². The lowest BCUT2D eigenvalue weighted by Gasteiger charge is -2.35. The second-order valence-electron chi connectivity index (χ2n) is 8.68. The molecule has 0 radical (unpaired) electrons. The summed E-state index contributed by atoms with van der Waals surface area (Å²) in [5.74, 6) is 0.0317. The van der Waals surface area contributed by atoms with Crippen molar-refractivity contribution in [2.75, 3.05) is 39.8 Å². The molecule has 174 valence electrons. The summed E-state index contributed by atoms with van der Waals surface area (Å²) in [7, 11) is -1.61. The van der Waals surface area contributed by atoms with Gasteiger partial charge >= 0.3 is 0 Å². The van der Waals surface area contributed by atoms with Crippen molar-refractivity contribution in [3.05, 3.63) is 45.4 Å². The summed E-state index contributed by atoms with van der Waals surface area (Å²) in [6.07, 6.45) is 5.20. The van der Waals surface area contributed by atoms with E-state index in [1.807, 2.05) is 29.5 Å². The molecule has 1 saturated heterocycles. The van der Waals surface area contributed by atoms with Gasteiger partial charge in [0.25, 0.3) is 0 Å². The second kappa shape index (κ2) is 9.99. The molecule has 1 aliphatic carbocycles. The fourth-order valence-electron chi connectivity index (χ4n) is 4.44. The Kier molecular flexibility index (Phi) is 7.29. The number of fused-ring (bicyclic) bond motifs is 1. The summed E-state index contributed by atoms with van der Waals surface area (Å²) < 4.78 is 27.9. The molecule has 2 heterocycles. The number of carbonyl (C=O) groups is 1. The third kappa shape index (κ3) is 5.22. The highest BCUT2D eigenvalue weighted by Gasteiger charge is 2.31. The molecule has 9 heteroatoms. The number of hydrogen-bond donors (Lipinski definition) is 0. The Bertz CT molecular complexity index is 1060. The van der Waals surface area contributed by atoms with E-state index < -0.39 is 10.0 Å². The summed E-state index contributed by atoms with van der Waals surface area (Å²) in [6, 6.07) is 5.58. The van der Waals surface area contributed by atoms with Crippen LogP contribution in [-0.4, -0.2) is 73.2 Å². The number of aryl methyl sites for hydroxylation is 3. The first-order valence-electron chi connectivity index (χ1n) is 11.4. The number of piperazine rings is 1. The van der Waals surface area contributed by atoms with E-state index in [1.54, 1.807) is 22.3 Å². The van der Waals surface area contributed by atoms with Crippen molar-refractivity contribution in [3.8, 4) is 0 Å². The first-order chi connectivity index (χ1) is 15.4. The van der Waals surface area contributed by atoms with Gasteiger partial charge in [-0.15, -0.1) is 11.3 Å². The Balaban J connectivity index is 1.31. The lowest BCUT2D eigenvalue weighted by molar-refractivity contribution is -0.133. The highest BCUT2D eigenvalue weighted by Crippen LogP contribution is 2.26. The largest absolute Gasteiger partial charge is 0.339 e. The van der Waals surface area contributed by atoms with Crippen molar-refractivity contribution in [2.24, 2.45) is 0 Å². The number of benzene rings is 1. The zero-order valence-corrected chi connectivity index (χ0v) is 20.6. The lowest BCUT2D eigenvalue weighted by atomic mass is 9.92. The van der Waals surface area contributed by atoms with Crippen molar-refractivity contribution in [3.63, 3.8) is 0 Å². The van der Waals surface area contributed by atoms with Gasteiger partial charge < -0.3 is 4.90 Å². The van der Waals surface area contributed by atoms with Crippen LogP contribution in [0.25, 0.3) is 0 Å². The fourth-order valence-corrected chi connectivity index (χ4v) is 6.65. The number of amides is 1. The van der Waals surface area contributed by atoms with Crippen LogP contribution in [-0.2, 0) is 40.6 Å². The van der Waals surface area contributed by atoms with E-state index in [0.29, 0.717) is 44.2 Å². The Labute approximate surface area is 195 Å². The van der Waals surface area contributed by atoms with E-state index in [4.69, 9.17) is 0 Å². The molecular formula is C23H32N4O3S2. The molecule has 1 aromatic heterocycles. The number of thiazole rings is 1. The highest BCUT2D eigenvalue weighted by atomic mass is 32.2. The maximum atomic E-state index is 13.2. The molecular weight excluding hydrogens is 444 g/mol. The molecule has 32 heavy (non-hydrogen) atoms. The minimum Gasteiger partial charge on any atom is -0.339 e. The normalized spacial score (nSPS) is 17.5. The minimum absolute atomic E-state index is 0.0317. The molecule has 0 bridgehead atoms. The summed E-state index contributed by atoms with van der Waals surface area (Å²) in [4.78, 5) is 21.4. The van der Waals surface area contributed by atoms with Crippen LogP contribution in [0.1, 0.15) is 41.6 Å². The first-order valence-corrected chi connectivity index (χ1v) is 13.7. The molecule has 0 saturated carbocycles. The van der Waals surface area contributed by atoms with Gasteiger partial charge in [0.05, 0.1) is 22.1 Å². The Morgan fingerprint density at radius 3 is 2.53 bits per heavy atom. The van der Waals surface area contributed by atoms with E-state index in [9.17, 15) is 13.2 Å². The summed E-state index contributed by atoms with van der Waals surface area (Å²) in [5, 5.41) is 3.15. The molecule has 1 fully saturated rings. The summed E-state index contributed by atoms with van der Waals surface area (Å²) in [5.41, 5.74) is 3.43. The number of hydrogen-bond acceptors (Lipinski definition) is 6. The smallest absolute Gasteiger partial charge is 0.243 e. The summed E-state index contributed by atoms with van der Waals surface area (Å²) >= 11 is 1.65. The van der Waals surface area contributed by atoms with Crippen molar-refractivity contribution >= 4 is 27.3 Å². The molecule has 1 aromatic carbocycles. The van der Waals surface area contributed by atoms with E-state index in [-0.39, 0.29) is 5.91 Å². The average molecular weight is 477 g/mol. The molecule has 7 nitrogen and oxygen atoms in total. The molecule has 4 rings (SSSR count). The van der Waals surface area contributed by atoms with Gasteiger partial charge in [0.2, 0.25) is 15.9 Å². The predicted octanol–water partition coefficient (Wildman–Crippen LogP) is 2.55. The van der Waals surface area contributed by atoms with Gasteiger partial charge in [0.15, 0.2) is 0 Å². The maximum Gasteiger partial charge on any atom is 0.243 e. The van der Waals surface area contributed by atoms with Crippen LogP contribution in [0.5, 0.6) is 0 Å². The van der Waals surface area contributed by atoms with Gasteiger partial charge in [0, 0.05) is 38.1 Å². The number of rotatable bonds is 7. The SMILES string of the molecule is CCc1nc(CN(C)CC(=O)N2CCN(S(=O)(=O)c3ccc4c(c3)CCCC4)CC2)cs1. The van der Waals surface area contributed by atoms with E-state index in [1.165, 1.54) is 21.9 Å². The molecule has 2 aromatic rings. The predicted molar refractivity (Wildman–Crippen MR) is 126 cm³/mol. The molecule has 1 aliphatic heterocycles. The van der Waals surface area contributed by atoms with Gasteiger partial charge in [-0.05, 0) is 62.4 Å².